The van der Waals surface area contributed by atoms with Crippen molar-refractivity contribution in [2.24, 2.45) is 28.9 Å². The fourth-order valence-electron chi connectivity index (χ4n) is 9.78. The summed E-state index contributed by atoms with van der Waals surface area (Å²) >= 11 is 0. The van der Waals surface area contributed by atoms with Gasteiger partial charge in [0.15, 0.2) is 11.6 Å². The lowest BCUT2D eigenvalue weighted by Gasteiger charge is -2.57. The Bertz CT molecular complexity index is 1780. The van der Waals surface area contributed by atoms with E-state index >= 15 is 0 Å². The SMILES string of the molecule is COc1ccc(CC2C=c3ccccc3=c3ccc4c(c32)C(=O)C(N)C(=O)C=4CC23CC4CC(CC(C4)C2)C3)cc1. The standard InChI is InChI=1S/C37H37NO3/c1-41-27-8-6-21(7-9-27)15-26-16-25-4-2-3-5-28(25)29-10-11-30-31(35(39)34(38)36(40)33(30)32(26)29)20-37-17-22-12-23(18-37)14-24(13-22)19-37/h2-11,16,22-24,26,34H,12-15,17-20,38H2,1H3. The van der Waals surface area contributed by atoms with Crippen LogP contribution in [-0.2, 0) is 11.2 Å². The van der Waals surface area contributed by atoms with E-state index in [9.17, 15) is 9.59 Å². The van der Waals surface area contributed by atoms with E-state index in [1.165, 1.54) is 49.3 Å². The number of rotatable bonds is 5. The van der Waals surface area contributed by atoms with Crippen LogP contribution in [0, 0.1) is 33.6 Å². The molecule has 9 rings (SSSR count). The minimum atomic E-state index is -1.11. The molecule has 4 bridgehead atoms. The first kappa shape index (κ1) is 25.2. The van der Waals surface area contributed by atoms with Crippen molar-refractivity contribution in [1.82, 2.24) is 0 Å². The van der Waals surface area contributed by atoms with Gasteiger partial charge in [-0.1, -0.05) is 54.6 Å². The molecule has 0 saturated heterocycles. The molecule has 0 radical (unpaired) electrons. The van der Waals surface area contributed by atoms with Crippen LogP contribution in [0.15, 0.2) is 60.7 Å². The first-order valence-corrected chi connectivity index (χ1v) is 15.4. The molecule has 208 valence electrons. The summed E-state index contributed by atoms with van der Waals surface area (Å²) < 4.78 is 5.38. The van der Waals surface area contributed by atoms with Crippen LogP contribution in [0.25, 0.3) is 11.6 Å². The number of ketones is 2. The zero-order chi connectivity index (χ0) is 27.9. The van der Waals surface area contributed by atoms with E-state index < -0.39 is 6.04 Å². The van der Waals surface area contributed by atoms with E-state index in [0.717, 1.165) is 63.1 Å². The summed E-state index contributed by atoms with van der Waals surface area (Å²) in [7, 11) is 1.68. The fourth-order valence-corrected chi connectivity index (χ4v) is 9.78. The second-order valence-electron chi connectivity index (χ2n) is 13.6. The Balaban J connectivity index is 1.33. The van der Waals surface area contributed by atoms with E-state index in [4.69, 9.17) is 10.5 Å². The van der Waals surface area contributed by atoms with Gasteiger partial charge in [0.25, 0.3) is 0 Å². The third-order valence-electron chi connectivity index (χ3n) is 11.0. The molecule has 2 unspecified atom stereocenters. The third-order valence-corrected chi connectivity index (χ3v) is 11.0. The number of fused-ring (bicyclic) bond motifs is 4. The zero-order valence-electron chi connectivity index (χ0n) is 23.7. The summed E-state index contributed by atoms with van der Waals surface area (Å²) in [5.41, 5.74) is 10.4. The van der Waals surface area contributed by atoms with Crippen LogP contribution in [0.2, 0.25) is 0 Å². The Kier molecular flexibility index (Phi) is 5.69. The molecule has 0 aliphatic heterocycles. The molecule has 3 aromatic rings. The van der Waals surface area contributed by atoms with Gasteiger partial charge in [-0.15, -0.1) is 0 Å². The maximum absolute atomic E-state index is 14.0. The van der Waals surface area contributed by atoms with Crippen molar-refractivity contribution < 1.29 is 14.3 Å². The van der Waals surface area contributed by atoms with Crippen molar-refractivity contribution >= 4 is 23.2 Å². The van der Waals surface area contributed by atoms with Gasteiger partial charge in [-0.25, -0.2) is 0 Å². The van der Waals surface area contributed by atoms with Crippen LogP contribution in [0.3, 0.4) is 0 Å². The van der Waals surface area contributed by atoms with Crippen LogP contribution in [0.1, 0.15) is 72.3 Å². The predicted octanol–water partition coefficient (Wildman–Crippen LogP) is 4.95. The minimum absolute atomic E-state index is 0.00611. The quantitative estimate of drug-likeness (QED) is 0.463. The minimum Gasteiger partial charge on any atom is -0.497 e. The van der Waals surface area contributed by atoms with Crippen LogP contribution in [-0.4, -0.2) is 24.7 Å². The number of ether oxygens (including phenoxy) is 1. The number of carbonyl (C=O) groups is 2. The summed E-state index contributed by atoms with van der Waals surface area (Å²) in [6.07, 6.45) is 11.6. The van der Waals surface area contributed by atoms with Gasteiger partial charge in [0.2, 0.25) is 0 Å². The highest BCUT2D eigenvalue weighted by Gasteiger charge is 2.52. The smallest absolute Gasteiger partial charge is 0.188 e. The van der Waals surface area contributed by atoms with Crippen molar-refractivity contribution in [2.75, 3.05) is 7.11 Å². The van der Waals surface area contributed by atoms with Gasteiger partial charge < -0.3 is 10.5 Å². The lowest BCUT2D eigenvalue weighted by atomic mass is 9.48. The topological polar surface area (TPSA) is 69.4 Å². The molecule has 0 heterocycles. The molecule has 41 heavy (non-hydrogen) atoms. The fraction of sp³-hybridized carbons (Fsp3) is 0.405. The molecule has 4 fully saturated rings. The molecule has 0 spiro atoms. The molecule has 2 N–H and O–H groups in total. The van der Waals surface area contributed by atoms with E-state index in [0.29, 0.717) is 5.56 Å². The van der Waals surface area contributed by atoms with Crippen molar-refractivity contribution in [1.29, 1.82) is 0 Å². The lowest BCUT2D eigenvalue weighted by molar-refractivity contribution is -0.115. The average Bonchev–Trinajstić information content (AvgIpc) is 2.97. The average molecular weight is 544 g/mol. The molecule has 6 aliphatic carbocycles. The van der Waals surface area contributed by atoms with Crippen molar-refractivity contribution in [3.05, 3.63) is 98.2 Å². The molecule has 0 aromatic heterocycles. The van der Waals surface area contributed by atoms with Crippen LogP contribution < -0.4 is 20.9 Å². The lowest BCUT2D eigenvalue weighted by Crippen LogP contribution is -2.51. The number of benzene rings is 3. The van der Waals surface area contributed by atoms with Gasteiger partial charge >= 0.3 is 0 Å². The Hall–Kier alpha value is -3.50. The second-order valence-corrected chi connectivity index (χ2v) is 13.6. The molecular formula is C37H37NO3. The maximum Gasteiger partial charge on any atom is 0.188 e. The Morgan fingerprint density at radius 1 is 0.805 bits per heavy atom. The number of carbonyl (C=O) groups excluding carboxylic acids is 2. The molecule has 2 atom stereocenters. The number of hydrogen-bond donors (Lipinski definition) is 1. The third kappa shape index (κ3) is 3.98. The Morgan fingerprint density at radius 3 is 2.15 bits per heavy atom. The van der Waals surface area contributed by atoms with E-state index in [1.54, 1.807) is 7.11 Å². The summed E-state index contributed by atoms with van der Waals surface area (Å²) in [5.74, 6) is 2.87. The summed E-state index contributed by atoms with van der Waals surface area (Å²) in [6.45, 7) is 0. The van der Waals surface area contributed by atoms with Crippen molar-refractivity contribution in [3.63, 3.8) is 0 Å². The molecule has 4 nitrogen and oxygen atoms in total. The van der Waals surface area contributed by atoms with Crippen LogP contribution in [0.4, 0.5) is 0 Å². The molecular weight excluding hydrogens is 506 g/mol. The number of hydrogen-bond acceptors (Lipinski definition) is 4. The number of nitrogens with two attached hydrogens (primary N) is 1. The van der Waals surface area contributed by atoms with Gasteiger partial charge in [-0.2, -0.15) is 0 Å². The summed E-state index contributed by atoms with van der Waals surface area (Å²) in [4.78, 5) is 27.8. The highest BCUT2D eigenvalue weighted by Crippen LogP contribution is 2.62. The largest absolute Gasteiger partial charge is 0.497 e. The van der Waals surface area contributed by atoms with Crippen LogP contribution >= 0.6 is 0 Å². The monoisotopic (exact) mass is 543 g/mol. The molecule has 4 saturated carbocycles. The normalized spacial score (nSPS) is 30.9. The first-order chi connectivity index (χ1) is 19.9. The van der Waals surface area contributed by atoms with Gasteiger partial charge in [0, 0.05) is 17.1 Å². The summed E-state index contributed by atoms with van der Waals surface area (Å²) in [6, 6.07) is 19.7. The number of methoxy groups -OCH3 is 1. The Labute approximate surface area is 240 Å². The van der Waals surface area contributed by atoms with E-state index in [1.807, 2.05) is 12.1 Å². The Morgan fingerprint density at radius 2 is 1.46 bits per heavy atom. The number of Topliss-reactive ketones (excluding diaryl/α,β-unsaturated/α-hetero) is 2. The van der Waals surface area contributed by atoms with E-state index in [-0.39, 0.29) is 22.9 Å². The second kappa shape index (κ2) is 9.25. The molecule has 4 heteroatoms. The maximum atomic E-state index is 14.0. The zero-order valence-corrected chi connectivity index (χ0v) is 23.7. The molecule has 0 amide bonds. The van der Waals surface area contributed by atoms with Crippen LogP contribution in [0.5, 0.6) is 5.75 Å². The highest BCUT2D eigenvalue weighted by atomic mass is 16.5. The van der Waals surface area contributed by atoms with Crippen molar-refractivity contribution in [2.45, 2.75) is 63.3 Å². The van der Waals surface area contributed by atoms with Gasteiger partial charge in [-0.3, -0.25) is 9.59 Å². The predicted molar refractivity (Wildman–Crippen MR) is 160 cm³/mol. The van der Waals surface area contributed by atoms with Crippen molar-refractivity contribution in [3.8, 4) is 5.75 Å². The highest BCUT2D eigenvalue weighted by molar-refractivity contribution is 6.32. The van der Waals surface area contributed by atoms with Gasteiger partial charge in [0.05, 0.1) is 7.11 Å². The van der Waals surface area contributed by atoms with Gasteiger partial charge in [-0.05, 0) is 119 Å². The summed E-state index contributed by atoms with van der Waals surface area (Å²) in [5, 5.41) is 4.25. The first-order valence-electron chi connectivity index (χ1n) is 15.4. The van der Waals surface area contributed by atoms with E-state index in [2.05, 4.69) is 54.6 Å². The molecule has 6 aliphatic rings. The molecule has 3 aromatic carbocycles. The van der Waals surface area contributed by atoms with Gasteiger partial charge in [0.1, 0.15) is 11.8 Å².